The Morgan fingerprint density at radius 3 is 2.17 bits per heavy atom. The quantitative estimate of drug-likeness (QED) is 0.778. The number of rotatable bonds is 4. The van der Waals surface area contributed by atoms with Gasteiger partial charge in [-0.1, -0.05) is 23.7 Å². The molecule has 156 valence electrons. The fraction of sp³-hybridized carbons (Fsp3) is 0.667. The Morgan fingerprint density at radius 1 is 1.00 bits per heavy atom. The summed E-state index contributed by atoms with van der Waals surface area (Å²) in [5, 5.41) is 3.80. The van der Waals surface area contributed by atoms with Crippen LogP contribution >= 0.6 is 11.6 Å². The molecule has 4 saturated carbocycles. The predicted octanol–water partition coefficient (Wildman–Crippen LogP) is 4.67. The van der Waals surface area contributed by atoms with Gasteiger partial charge in [0.05, 0.1) is 10.6 Å². The first kappa shape index (κ1) is 19.4. The Hall–Kier alpha value is -1.55. The maximum absolute atomic E-state index is 12.9. The summed E-state index contributed by atoms with van der Waals surface area (Å²) in [6, 6.07) is 7.41. The molecule has 4 aliphatic carbocycles. The summed E-state index contributed by atoms with van der Waals surface area (Å²) in [5.74, 6) is 2.88. The number of benzene rings is 1. The second-order valence-electron chi connectivity index (χ2n) is 10.2. The van der Waals surface area contributed by atoms with Crippen molar-refractivity contribution in [2.75, 3.05) is 13.1 Å². The van der Waals surface area contributed by atoms with Gasteiger partial charge in [-0.15, -0.1) is 0 Å². The number of carbonyl (C=O) groups excluding carboxylic acids is 2. The molecular weight excluding hydrogens is 384 g/mol. The van der Waals surface area contributed by atoms with Crippen LogP contribution in [0.3, 0.4) is 0 Å². The predicted molar refractivity (Wildman–Crippen MR) is 114 cm³/mol. The van der Waals surface area contributed by atoms with Crippen molar-refractivity contribution in [1.29, 1.82) is 0 Å². The van der Waals surface area contributed by atoms with E-state index in [1.165, 1.54) is 38.5 Å². The van der Waals surface area contributed by atoms with Crippen molar-refractivity contribution in [3.63, 3.8) is 0 Å². The SMILES string of the molecule is O=C(CC12CC3CC(CC(C3)C1)C2)NC1CCN(C(=O)c2ccccc2Cl)CC1. The fourth-order valence-electron chi connectivity index (χ4n) is 7.16. The molecule has 5 aliphatic rings. The molecule has 4 nitrogen and oxygen atoms in total. The van der Waals surface area contributed by atoms with Crippen LogP contribution in [0.25, 0.3) is 0 Å². The van der Waals surface area contributed by atoms with Gasteiger partial charge in [0.15, 0.2) is 0 Å². The second-order valence-corrected chi connectivity index (χ2v) is 10.6. The number of hydrogen-bond acceptors (Lipinski definition) is 2. The van der Waals surface area contributed by atoms with E-state index < -0.39 is 0 Å². The third-order valence-electron chi connectivity index (χ3n) is 7.95. The maximum atomic E-state index is 12.9. The van der Waals surface area contributed by atoms with Gasteiger partial charge in [-0.05, 0) is 86.7 Å². The number of nitrogens with one attached hydrogen (secondary N) is 1. The van der Waals surface area contributed by atoms with Gasteiger partial charge < -0.3 is 10.2 Å². The topological polar surface area (TPSA) is 49.4 Å². The molecule has 1 aromatic rings. The summed E-state index contributed by atoms with van der Waals surface area (Å²) in [4.78, 5) is 27.5. The number of likely N-dealkylation sites (tertiary alicyclic amines) is 1. The van der Waals surface area contributed by atoms with Crippen molar-refractivity contribution < 1.29 is 9.59 Å². The Kier molecular flexibility index (Phi) is 5.09. The molecule has 2 amide bonds. The first-order valence-corrected chi connectivity index (χ1v) is 11.7. The molecular formula is C24H31ClN2O2. The first-order valence-electron chi connectivity index (χ1n) is 11.3. The Balaban J connectivity index is 1.13. The van der Waals surface area contributed by atoms with E-state index in [0.29, 0.717) is 29.1 Å². The van der Waals surface area contributed by atoms with Gasteiger partial charge >= 0.3 is 0 Å². The van der Waals surface area contributed by atoms with Gasteiger partial charge in [-0.25, -0.2) is 0 Å². The van der Waals surface area contributed by atoms with E-state index >= 15 is 0 Å². The first-order chi connectivity index (χ1) is 14.0. The summed E-state index contributed by atoms with van der Waals surface area (Å²) < 4.78 is 0. The largest absolute Gasteiger partial charge is 0.353 e. The van der Waals surface area contributed by atoms with Gasteiger partial charge in [-0.3, -0.25) is 9.59 Å². The molecule has 1 heterocycles. The highest BCUT2D eigenvalue weighted by Gasteiger charge is 2.51. The van der Waals surface area contributed by atoms with Crippen molar-refractivity contribution in [1.82, 2.24) is 10.2 Å². The molecule has 0 atom stereocenters. The van der Waals surface area contributed by atoms with Gasteiger partial charge in [0.1, 0.15) is 0 Å². The summed E-state index contributed by atoms with van der Waals surface area (Å²) in [6.45, 7) is 1.35. The molecule has 0 unspecified atom stereocenters. The monoisotopic (exact) mass is 414 g/mol. The van der Waals surface area contributed by atoms with Crippen LogP contribution in [0.15, 0.2) is 24.3 Å². The van der Waals surface area contributed by atoms with Crippen molar-refractivity contribution in [2.24, 2.45) is 23.2 Å². The molecule has 0 radical (unpaired) electrons. The van der Waals surface area contributed by atoms with E-state index in [9.17, 15) is 9.59 Å². The Labute approximate surface area is 178 Å². The van der Waals surface area contributed by atoms with Crippen molar-refractivity contribution in [3.8, 4) is 0 Å². The molecule has 29 heavy (non-hydrogen) atoms. The van der Waals surface area contributed by atoms with Crippen LogP contribution in [0.2, 0.25) is 5.02 Å². The molecule has 1 aliphatic heterocycles. The average molecular weight is 415 g/mol. The van der Waals surface area contributed by atoms with E-state index in [4.69, 9.17) is 11.6 Å². The van der Waals surface area contributed by atoms with E-state index in [1.807, 2.05) is 17.0 Å². The van der Waals surface area contributed by atoms with Crippen molar-refractivity contribution >= 4 is 23.4 Å². The number of amides is 2. The van der Waals surface area contributed by atoms with Crippen LogP contribution in [-0.4, -0.2) is 35.8 Å². The zero-order valence-corrected chi connectivity index (χ0v) is 17.8. The normalized spacial score (nSPS) is 33.7. The lowest BCUT2D eigenvalue weighted by atomic mass is 9.49. The van der Waals surface area contributed by atoms with Gasteiger partial charge in [0.2, 0.25) is 5.91 Å². The van der Waals surface area contributed by atoms with Gasteiger partial charge in [-0.2, -0.15) is 0 Å². The highest BCUT2D eigenvalue weighted by Crippen LogP contribution is 2.61. The molecule has 1 aromatic carbocycles. The summed E-state index contributed by atoms with van der Waals surface area (Å²) in [6.07, 6.45) is 10.4. The van der Waals surface area contributed by atoms with Crippen molar-refractivity contribution in [2.45, 2.75) is 63.8 Å². The standard InChI is InChI=1S/C24H31ClN2O2/c25-21-4-2-1-3-20(21)23(29)27-7-5-19(6-8-27)26-22(28)15-24-12-16-9-17(13-24)11-18(10-16)14-24/h1-4,16-19H,5-15H2,(H,26,28). The molecule has 6 rings (SSSR count). The lowest BCUT2D eigenvalue weighted by Crippen LogP contribution is -2.50. The minimum absolute atomic E-state index is 0.00561. The lowest BCUT2D eigenvalue weighted by molar-refractivity contribution is -0.130. The maximum Gasteiger partial charge on any atom is 0.255 e. The summed E-state index contributed by atoms with van der Waals surface area (Å²) in [7, 11) is 0. The summed E-state index contributed by atoms with van der Waals surface area (Å²) in [5.41, 5.74) is 0.859. The van der Waals surface area contributed by atoms with E-state index in [0.717, 1.165) is 37.0 Å². The number of hydrogen-bond donors (Lipinski definition) is 1. The van der Waals surface area contributed by atoms with E-state index in [2.05, 4.69) is 5.32 Å². The van der Waals surface area contributed by atoms with Crippen LogP contribution in [-0.2, 0) is 4.79 Å². The fourth-order valence-corrected chi connectivity index (χ4v) is 7.37. The highest BCUT2D eigenvalue weighted by atomic mass is 35.5. The van der Waals surface area contributed by atoms with Crippen LogP contribution in [0.5, 0.6) is 0 Å². The third kappa shape index (κ3) is 3.93. The molecule has 0 spiro atoms. The molecule has 4 bridgehead atoms. The lowest BCUT2D eigenvalue weighted by Gasteiger charge is -2.56. The van der Waals surface area contributed by atoms with Crippen LogP contribution in [0.4, 0.5) is 0 Å². The molecule has 0 aromatic heterocycles. The smallest absolute Gasteiger partial charge is 0.255 e. The molecule has 5 heteroatoms. The minimum Gasteiger partial charge on any atom is -0.353 e. The zero-order valence-electron chi connectivity index (χ0n) is 17.0. The number of carbonyl (C=O) groups is 2. The highest BCUT2D eigenvalue weighted by molar-refractivity contribution is 6.33. The molecule has 1 saturated heterocycles. The Bertz CT molecular complexity index is 765. The average Bonchev–Trinajstić information content (AvgIpc) is 2.67. The van der Waals surface area contributed by atoms with Gasteiger partial charge in [0.25, 0.3) is 5.91 Å². The zero-order chi connectivity index (χ0) is 20.0. The Morgan fingerprint density at radius 2 is 1.59 bits per heavy atom. The van der Waals surface area contributed by atoms with Crippen LogP contribution in [0, 0.1) is 23.2 Å². The minimum atomic E-state index is -0.00561. The number of nitrogens with zero attached hydrogens (tertiary/aromatic N) is 1. The van der Waals surface area contributed by atoms with Crippen molar-refractivity contribution in [3.05, 3.63) is 34.9 Å². The summed E-state index contributed by atoms with van der Waals surface area (Å²) >= 11 is 6.18. The van der Waals surface area contributed by atoms with E-state index in [1.54, 1.807) is 12.1 Å². The number of piperidine rings is 1. The van der Waals surface area contributed by atoms with Crippen LogP contribution < -0.4 is 5.32 Å². The van der Waals surface area contributed by atoms with Gasteiger partial charge in [0, 0.05) is 25.6 Å². The molecule has 1 N–H and O–H groups in total. The second kappa shape index (κ2) is 7.61. The molecule has 5 fully saturated rings. The third-order valence-corrected chi connectivity index (χ3v) is 8.28. The van der Waals surface area contributed by atoms with Crippen LogP contribution in [0.1, 0.15) is 68.1 Å². The number of halogens is 1. The van der Waals surface area contributed by atoms with E-state index in [-0.39, 0.29) is 17.9 Å².